The van der Waals surface area contributed by atoms with Gasteiger partial charge in [-0.1, -0.05) is 0 Å². The number of hydrogen-bond donors (Lipinski definition) is 1. The van der Waals surface area contributed by atoms with Crippen LogP contribution in [0.4, 0.5) is 18.9 Å². The quantitative estimate of drug-likeness (QED) is 0.843. The lowest BCUT2D eigenvalue weighted by Gasteiger charge is -2.10. The average molecular weight is 341 g/mol. The minimum Gasteiger partial charge on any atom is -0.381 e. The molecule has 0 amide bonds. The molecular formula is C14H8BrF3N2. The molecule has 0 aliphatic carbocycles. The summed E-state index contributed by atoms with van der Waals surface area (Å²) in [5, 5.41) is 11.5. The summed E-state index contributed by atoms with van der Waals surface area (Å²) >= 11 is 2.98. The van der Waals surface area contributed by atoms with Crippen molar-refractivity contribution in [2.24, 2.45) is 0 Å². The van der Waals surface area contributed by atoms with Crippen LogP contribution in [0.3, 0.4) is 0 Å². The Balaban J connectivity index is 2.22. The van der Waals surface area contributed by atoms with Gasteiger partial charge in [0.1, 0.15) is 23.5 Å². The van der Waals surface area contributed by atoms with Gasteiger partial charge in [-0.2, -0.15) is 5.26 Å². The molecule has 0 fully saturated rings. The molecule has 0 heterocycles. The maximum atomic E-state index is 13.7. The zero-order chi connectivity index (χ0) is 14.7. The molecule has 0 aromatic heterocycles. The maximum absolute atomic E-state index is 13.7. The molecule has 2 nitrogen and oxygen atoms in total. The third kappa shape index (κ3) is 2.94. The summed E-state index contributed by atoms with van der Waals surface area (Å²) in [5.74, 6) is -2.01. The normalized spacial score (nSPS) is 10.2. The standard InChI is InChI=1S/C14H8BrF3N2/c15-11-2-4-13(17)10(14(11)18)7-20-9-1-3-12(16)8(5-9)6-19/h1-5,20H,7H2. The number of nitrogens with zero attached hydrogens (tertiary/aromatic N) is 1. The van der Waals surface area contributed by atoms with Crippen LogP contribution in [0.1, 0.15) is 11.1 Å². The molecule has 2 aromatic rings. The third-order valence-corrected chi connectivity index (χ3v) is 3.31. The number of hydrogen-bond acceptors (Lipinski definition) is 2. The Bertz CT molecular complexity index is 696. The molecule has 0 aliphatic heterocycles. The van der Waals surface area contributed by atoms with Gasteiger partial charge in [0.2, 0.25) is 0 Å². The lowest BCUT2D eigenvalue weighted by molar-refractivity contribution is 0.555. The molecule has 0 aliphatic rings. The third-order valence-electron chi connectivity index (χ3n) is 2.70. The van der Waals surface area contributed by atoms with Crippen molar-refractivity contribution < 1.29 is 13.2 Å². The summed E-state index contributed by atoms with van der Waals surface area (Å²) < 4.78 is 40.6. The van der Waals surface area contributed by atoms with Gasteiger partial charge in [-0.3, -0.25) is 0 Å². The van der Waals surface area contributed by atoms with Crippen molar-refractivity contribution in [3.8, 4) is 6.07 Å². The first-order valence-corrected chi connectivity index (χ1v) is 6.38. The number of nitrogens with one attached hydrogen (secondary N) is 1. The molecule has 6 heteroatoms. The van der Waals surface area contributed by atoms with Crippen LogP contribution in [0.15, 0.2) is 34.8 Å². The first kappa shape index (κ1) is 14.4. The second kappa shape index (κ2) is 5.97. The van der Waals surface area contributed by atoms with Crippen LogP contribution in [0.2, 0.25) is 0 Å². The fourth-order valence-corrected chi connectivity index (χ4v) is 2.01. The number of anilines is 1. The van der Waals surface area contributed by atoms with Crippen molar-refractivity contribution in [1.82, 2.24) is 0 Å². The van der Waals surface area contributed by atoms with E-state index in [9.17, 15) is 13.2 Å². The predicted octanol–water partition coefficient (Wildman–Crippen LogP) is 4.35. The first-order chi connectivity index (χ1) is 9.52. The fourth-order valence-electron chi connectivity index (χ4n) is 1.64. The Hall–Kier alpha value is -2.00. The summed E-state index contributed by atoms with van der Waals surface area (Å²) in [6.45, 7) is -0.117. The predicted molar refractivity (Wildman–Crippen MR) is 72.5 cm³/mol. The van der Waals surface area contributed by atoms with Crippen LogP contribution in [0.25, 0.3) is 0 Å². The second-order valence-electron chi connectivity index (χ2n) is 3.98. The average Bonchev–Trinajstić information content (AvgIpc) is 2.44. The van der Waals surface area contributed by atoms with Gasteiger partial charge in [0.15, 0.2) is 0 Å². The van der Waals surface area contributed by atoms with Crippen molar-refractivity contribution in [3.05, 3.63) is 63.4 Å². The van der Waals surface area contributed by atoms with E-state index in [0.29, 0.717) is 5.69 Å². The van der Waals surface area contributed by atoms with E-state index in [1.54, 1.807) is 6.07 Å². The smallest absolute Gasteiger partial charge is 0.145 e. The molecule has 0 atom stereocenters. The highest BCUT2D eigenvalue weighted by Gasteiger charge is 2.12. The summed E-state index contributed by atoms with van der Waals surface area (Å²) in [5.41, 5.74) is 0.133. The molecule has 0 saturated carbocycles. The van der Waals surface area contributed by atoms with Crippen LogP contribution >= 0.6 is 15.9 Å². The van der Waals surface area contributed by atoms with E-state index in [-0.39, 0.29) is 22.1 Å². The largest absolute Gasteiger partial charge is 0.381 e. The van der Waals surface area contributed by atoms with Crippen molar-refractivity contribution in [2.75, 3.05) is 5.32 Å². The minimum absolute atomic E-state index is 0.117. The van der Waals surface area contributed by atoms with Crippen LogP contribution in [0, 0.1) is 28.8 Å². The number of nitriles is 1. The SMILES string of the molecule is N#Cc1cc(NCc2c(F)ccc(Br)c2F)ccc1F. The van der Waals surface area contributed by atoms with Gasteiger partial charge < -0.3 is 5.32 Å². The van der Waals surface area contributed by atoms with Crippen LogP contribution in [-0.4, -0.2) is 0 Å². The summed E-state index contributed by atoms with van der Waals surface area (Å²) in [6, 6.07) is 7.91. The van der Waals surface area contributed by atoms with E-state index < -0.39 is 17.5 Å². The van der Waals surface area contributed by atoms with Gasteiger partial charge in [0, 0.05) is 17.8 Å². The Labute approximate surface area is 122 Å². The molecule has 20 heavy (non-hydrogen) atoms. The Morgan fingerprint density at radius 3 is 2.50 bits per heavy atom. The monoisotopic (exact) mass is 340 g/mol. The number of halogens is 4. The van der Waals surface area contributed by atoms with Gasteiger partial charge in [0.25, 0.3) is 0 Å². The molecule has 2 aromatic carbocycles. The molecular weight excluding hydrogens is 333 g/mol. The molecule has 0 unspecified atom stereocenters. The van der Waals surface area contributed by atoms with Gasteiger partial charge in [0.05, 0.1) is 10.0 Å². The van der Waals surface area contributed by atoms with Crippen LogP contribution < -0.4 is 5.32 Å². The Kier molecular flexibility index (Phi) is 4.30. The Morgan fingerprint density at radius 2 is 1.80 bits per heavy atom. The Morgan fingerprint density at radius 1 is 1.10 bits per heavy atom. The topological polar surface area (TPSA) is 35.8 Å². The molecule has 0 bridgehead atoms. The van der Waals surface area contributed by atoms with E-state index in [2.05, 4.69) is 21.2 Å². The zero-order valence-corrected chi connectivity index (χ0v) is 11.6. The summed E-state index contributed by atoms with van der Waals surface area (Å²) in [6.07, 6.45) is 0. The molecule has 1 N–H and O–H groups in total. The van der Waals surface area contributed by atoms with E-state index in [1.165, 1.54) is 18.2 Å². The lowest BCUT2D eigenvalue weighted by atomic mass is 10.1. The summed E-state index contributed by atoms with van der Waals surface area (Å²) in [4.78, 5) is 0. The lowest BCUT2D eigenvalue weighted by Crippen LogP contribution is -2.05. The minimum atomic E-state index is -0.694. The van der Waals surface area contributed by atoms with Gasteiger partial charge in [-0.25, -0.2) is 13.2 Å². The molecule has 2 rings (SSSR count). The summed E-state index contributed by atoms with van der Waals surface area (Å²) in [7, 11) is 0. The van der Waals surface area contributed by atoms with Crippen molar-refractivity contribution in [2.45, 2.75) is 6.54 Å². The van der Waals surface area contributed by atoms with E-state index >= 15 is 0 Å². The van der Waals surface area contributed by atoms with Gasteiger partial charge in [-0.15, -0.1) is 0 Å². The van der Waals surface area contributed by atoms with Crippen molar-refractivity contribution >= 4 is 21.6 Å². The first-order valence-electron chi connectivity index (χ1n) is 5.59. The highest BCUT2D eigenvalue weighted by atomic mass is 79.9. The maximum Gasteiger partial charge on any atom is 0.145 e. The van der Waals surface area contributed by atoms with Crippen molar-refractivity contribution in [3.63, 3.8) is 0 Å². The highest BCUT2D eigenvalue weighted by molar-refractivity contribution is 9.10. The molecule has 0 saturated heterocycles. The fraction of sp³-hybridized carbons (Fsp3) is 0.0714. The highest BCUT2D eigenvalue weighted by Crippen LogP contribution is 2.23. The van der Waals surface area contributed by atoms with Crippen LogP contribution in [0.5, 0.6) is 0 Å². The van der Waals surface area contributed by atoms with E-state index in [0.717, 1.165) is 12.1 Å². The van der Waals surface area contributed by atoms with Crippen LogP contribution in [-0.2, 0) is 6.54 Å². The van der Waals surface area contributed by atoms with E-state index in [4.69, 9.17) is 5.26 Å². The van der Waals surface area contributed by atoms with Gasteiger partial charge in [-0.05, 0) is 46.3 Å². The number of benzene rings is 2. The second-order valence-corrected chi connectivity index (χ2v) is 4.84. The molecule has 0 spiro atoms. The molecule has 102 valence electrons. The van der Waals surface area contributed by atoms with Crippen molar-refractivity contribution in [1.29, 1.82) is 5.26 Å². The number of rotatable bonds is 3. The van der Waals surface area contributed by atoms with Gasteiger partial charge >= 0.3 is 0 Å². The van der Waals surface area contributed by atoms with E-state index in [1.807, 2.05) is 0 Å². The zero-order valence-electron chi connectivity index (χ0n) is 10.1. The molecule has 0 radical (unpaired) electrons.